The highest BCUT2D eigenvalue weighted by molar-refractivity contribution is 5.93. The van der Waals surface area contributed by atoms with Crippen molar-refractivity contribution in [1.29, 1.82) is 0 Å². The summed E-state index contributed by atoms with van der Waals surface area (Å²) in [6, 6.07) is 8.27. The van der Waals surface area contributed by atoms with E-state index in [0.717, 1.165) is 37.5 Å². The molecule has 0 fully saturated rings. The smallest absolute Gasteiger partial charge is 0.169 e. The second-order valence-corrected chi connectivity index (χ2v) is 4.39. The van der Waals surface area contributed by atoms with Crippen molar-refractivity contribution in [3.63, 3.8) is 0 Å². The van der Waals surface area contributed by atoms with E-state index in [1.165, 1.54) is 5.56 Å². The molecule has 1 atom stereocenters. The lowest BCUT2D eigenvalue weighted by Gasteiger charge is -2.27. The van der Waals surface area contributed by atoms with Crippen LogP contribution in [0.3, 0.4) is 0 Å². The van der Waals surface area contributed by atoms with E-state index in [-0.39, 0.29) is 18.0 Å². The first-order chi connectivity index (χ1) is 7.84. The number of para-hydroxylation sites is 1. The quantitative estimate of drug-likeness (QED) is 0.715. The normalized spacial score (nSPS) is 25.4. The maximum Gasteiger partial charge on any atom is 0.169 e. The van der Waals surface area contributed by atoms with E-state index in [1.54, 1.807) is 0 Å². The van der Waals surface area contributed by atoms with E-state index < -0.39 is 0 Å². The van der Waals surface area contributed by atoms with E-state index in [1.807, 2.05) is 12.1 Å². The van der Waals surface area contributed by atoms with Crippen LogP contribution in [0.4, 0.5) is 0 Å². The number of rotatable bonds is 2. The van der Waals surface area contributed by atoms with Crippen molar-refractivity contribution in [3.05, 3.63) is 29.8 Å². The van der Waals surface area contributed by atoms with Crippen LogP contribution in [-0.4, -0.2) is 24.5 Å². The number of fused-ring (bicyclic) bond motifs is 1. The van der Waals surface area contributed by atoms with Crippen molar-refractivity contribution < 1.29 is 17.1 Å². The molecule has 4 heteroatoms. The van der Waals surface area contributed by atoms with Gasteiger partial charge in [-0.05, 0) is 18.1 Å². The van der Waals surface area contributed by atoms with Gasteiger partial charge in [0.2, 0.25) is 0 Å². The Morgan fingerprint density at radius 1 is 1.41 bits per heavy atom. The molecular weight excluding hydrogens is 236 g/mol. The van der Waals surface area contributed by atoms with Crippen LogP contribution >= 0.6 is 0 Å². The van der Waals surface area contributed by atoms with Gasteiger partial charge < -0.3 is 22.5 Å². The number of hydrogen-bond acceptors (Lipinski definition) is 3. The third-order valence-electron chi connectivity index (χ3n) is 3.43. The Balaban J connectivity index is 0.00000108. The van der Waals surface area contributed by atoms with Gasteiger partial charge in [-0.1, -0.05) is 25.1 Å². The van der Waals surface area contributed by atoms with Crippen molar-refractivity contribution in [2.45, 2.75) is 25.4 Å². The molecular formula is C13H16ClN2O-. The van der Waals surface area contributed by atoms with Crippen LogP contribution in [0.25, 0.3) is 0 Å². The highest BCUT2D eigenvalue weighted by Gasteiger charge is 2.43. The minimum absolute atomic E-state index is 0. The number of amidine groups is 1. The molecule has 3 rings (SSSR count). The Bertz CT molecular complexity index is 420. The fourth-order valence-corrected chi connectivity index (χ4v) is 2.50. The van der Waals surface area contributed by atoms with Crippen molar-refractivity contribution >= 4 is 5.84 Å². The number of nitrogens with one attached hydrogen (secondary N) is 1. The molecule has 0 aromatic heterocycles. The van der Waals surface area contributed by atoms with Crippen molar-refractivity contribution in [1.82, 2.24) is 5.32 Å². The zero-order valence-corrected chi connectivity index (χ0v) is 10.6. The topological polar surface area (TPSA) is 33.6 Å². The van der Waals surface area contributed by atoms with Gasteiger partial charge in [0.25, 0.3) is 0 Å². The van der Waals surface area contributed by atoms with E-state index >= 15 is 0 Å². The maximum absolute atomic E-state index is 6.13. The number of benzene rings is 1. The molecule has 1 N–H and O–H groups in total. The average molecular weight is 252 g/mol. The second-order valence-electron chi connectivity index (χ2n) is 4.39. The molecule has 0 saturated heterocycles. The summed E-state index contributed by atoms with van der Waals surface area (Å²) in [5.41, 5.74) is 1.06. The van der Waals surface area contributed by atoms with Crippen LogP contribution in [0.5, 0.6) is 5.75 Å². The molecule has 17 heavy (non-hydrogen) atoms. The number of aliphatic imine (C=N–C) groups is 1. The molecule has 1 aromatic carbocycles. The molecule has 0 radical (unpaired) electrons. The Labute approximate surface area is 108 Å². The van der Waals surface area contributed by atoms with Gasteiger partial charge >= 0.3 is 0 Å². The number of ether oxygens (including phenoxy) is 1. The molecule has 92 valence electrons. The van der Waals surface area contributed by atoms with Crippen LogP contribution in [0.15, 0.2) is 29.3 Å². The molecule has 2 heterocycles. The summed E-state index contributed by atoms with van der Waals surface area (Å²) in [6.45, 7) is 3.97. The maximum atomic E-state index is 6.13. The van der Waals surface area contributed by atoms with Gasteiger partial charge in [0, 0.05) is 13.0 Å². The minimum Gasteiger partial charge on any atom is -1.00 e. The summed E-state index contributed by atoms with van der Waals surface area (Å²) in [6.07, 6.45) is 1.89. The van der Waals surface area contributed by atoms with E-state index in [9.17, 15) is 0 Å². The SMILES string of the molecule is CCC1(C2=NCCN2)Cc2ccccc2O1.[Cl-]. The monoisotopic (exact) mass is 251 g/mol. The molecule has 0 bridgehead atoms. The zero-order chi connectivity index (χ0) is 11.0. The Morgan fingerprint density at radius 2 is 2.24 bits per heavy atom. The standard InChI is InChI=1S/C13H16N2O.ClH/c1-2-13(12-14-7-8-15-12)9-10-5-3-4-6-11(10)16-13;/h3-6H,2,7-9H2,1H3,(H,14,15);1H/p-1. The van der Waals surface area contributed by atoms with Gasteiger partial charge in [0.15, 0.2) is 5.60 Å². The third kappa shape index (κ3) is 1.89. The minimum atomic E-state index is -0.236. The van der Waals surface area contributed by atoms with Crippen LogP contribution in [0.1, 0.15) is 18.9 Å². The molecule has 1 aromatic rings. The van der Waals surface area contributed by atoms with Gasteiger partial charge in [-0.15, -0.1) is 0 Å². The predicted molar refractivity (Wildman–Crippen MR) is 64.1 cm³/mol. The van der Waals surface area contributed by atoms with Crippen LogP contribution in [0, 0.1) is 0 Å². The predicted octanol–water partition coefficient (Wildman–Crippen LogP) is -1.22. The first kappa shape index (κ1) is 12.2. The van der Waals surface area contributed by atoms with Crippen LogP contribution in [-0.2, 0) is 6.42 Å². The molecule has 2 aliphatic rings. The first-order valence-corrected chi connectivity index (χ1v) is 5.90. The summed E-state index contributed by atoms with van der Waals surface area (Å²) in [5.74, 6) is 2.05. The summed E-state index contributed by atoms with van der Waals surface area (Å²) < 4.78 is 6.13. The second kappa shape index (κ2) is 4.57. The zero-order valence-electron chi connectivity index (χ0n) is 9.87. The van der Waals surface area contributed by atoms with Gasteiger partial charge in [0.05, 0.1) is 6.54 Å². The lowest BCUT2D eigenvalue weighted by atomic mass is 9.93. The molecule has 0 saturated carbocycles. The summed E-state index contributed by atoms with van der Waals surface area (Å²) in [7, 11) is 0. The van der Waals surface area contributed by atoms with Gasteiger partial charge in [0.1, 0.15) is 11.6 Å². The highest BCUT2D eigenvalue weighted by atomic mass is 35.5. The van der Waals surface area contributed by atoms with Crippen molar-refractivity contribution in [2.24, 2.45) is 4.99 Å². The van der Waals surface area contributed by atoms with Gasteiger partial charge in [-0.3, -0.25) is 4.99 Å². The lowest BCUT2D eigenvalue weighted by molar-refractivity contribution is -0.00000458. The fourth-order valence-electron chi connectivity index (χ4n) is 2.50. The van der Waals surface area contributed by atoms with Crippen LogP contribution < -0.4 is 22.5 Å². The Morgan fingerprint density at radius 3 is 2.88 bits per heavy atom. The van der Waals surface area contributed by atoms with Crippen molar-refractivity contribution in [2.75, 3.05) is 13.1 Å². The van der Waals surface area contributed by atoms with Crippen LogP contribution in [0.2, 0.25) is 0 Å². The van der Waals surface area contributed by atoms with Crippen molar-refractivity contribution in [3.8, 4) is 5.75 Å². The molecule has 0 spiro atoms. The number of hydrogen-bond donors (Lipinski definition) is 1. The highest BCUT2D eigenvalue weighted by Crippen LogP contribution is 2.37. The Hall–Kier alpha value is -1.22. The van der Waals surface area contributed by atoms with Gasteiger partial charge in [-0.25, -0.2) is 0 Å². The molecule has 0 amide bonds. The number of nitrogens with zero attached hydrogens (tertiary/aromatic N) is 1. The van der Waals surface area contributed by atoms with E-state index in [4.69, 9.17) is 4.74 Å². The van der Waals surface area contributed by atoms with E-state index in [0.29, 0.717) is 0 Å². The largest absolute Gasteiger partial charge is 1.00 e. The first-order valence-electron chi connectivity index (χ1n) is 5.90. The third-order valence-corrected chi connectivity index (χ3v) is 3.43. The summed E-state index contributed by atoms with van der Waals surface area (Å²) >= 11 is 0. The summed E-state index contributed by atoms with van der Waals surface area (Å²) in [5, 5.41) is 3.35. The Kier molecular flexibility index (Phi) is 3.29. The van der Waals surface area contributed by atoms with Gasteiger partial charge in [-0.2, -0.15) is 0 Å². The average Bonchev–Trinajstić information content (AvgIpc) is 2.96. The lowest BCUT2D eigenvalue weighted by Crippen LogP contribution is -3.00. The summed E-state index contributed by atoms with van der Waals surface area (Å²) in [4.78, 5) is 4.52. The molecule has 2 aliphatic heterocycles. The molecule has 0 aliphatic carbocycles. The molecule has 3 nitrogen and oxygen atoms in total. The fraction of sp³-hybridized carbons (Fsp3) is 0.462. The molecule has 1 unspecified atom stereocenters. The van der Waals surface area contributed by atoms with E-state index in [2.05, 4.69) is 29.4 Å². The number of halogens is 1.